The van der Waals surface area contributed by atoms with Crippen LogP contribution in [-0.2, 0) is 6.18 Å². The molecule has 0 fully saturated rings. The molecule has 1 nitrogen and oxygen atoms in total. The van der Waals surface area contributed by atoms with Crippen LogP contribution in [0.4, 0.5) is 18.9 Å². The van der Waals surface area contributed by atoms with Gasteiger partial charge in [0.25, 0.3) is 0 Å². The second kappa shape index (κ2) is 4.96. The Morgan fingerprint density at radius 1 is 1.00 bits per heavy atom. The van der Waals surface area contributed by atoms with E-state index in [1.165, 1.54) is 12.1 Å². The lowest BCUT2D eigenvalue weighted by Crippen LogP contribution is -2.05. The molecule has 0 heterocycles. The Bertz CT molecular complexity index is 588. The van der Waals surface area contributed by atoms with Crippen LogP contribution in [0.15, 0.2) is 42.5 Å². The third-order valence-corrected chi connectivity index (χ3v) is 3.02. The first kappa shape index (κ1) is 13.5. The Hall–Kier alpha value is -1.97. The van der Waals surface area contributed by atoms with Crippen molar-refractivity contribution in [2.45, 2.75) is 13.1 Å². The van der Waals surface area contributed by atoms with Crippen molar-refractivity contribution in [3.63, 3.8) is 0 Å². The zero-order chi connectivity index (χ0) is 14.0. The van der Waals surface area contributed by atoms with E-state index in [0.29, 0.717) is 5.56 Å². The van der Waals surface area contributed by atoms with Gasteiger partial charge in [0.2, 0.25) is 0 Å². The minimum atomic E-state index is -4.30. The number of halogens is 3. The quantitative estimate of drug-likeness (QED) is 0.828. The van der Waals surface area contributed by atoms with E-state index in [1.54, 1.807) is 14.0 Å². The summed E-state index contributed by atoms with van der Waals surface area (Å²) >= 11 is 0. The molecule has 0 saturated carbocycles. The highest BCUT2D eigenvalue weighted by Crippen LogP contribution is 2.33. The number of aryl methyl sites for hydroxylation is 1. The number of benzene rings is 2. The molecule has 0 unspecified atom stereocenters. The SMILES string of the molecule is CNc1cccc(-c2ccc(C(F)(F)F)cc2C)c1. The number of anilines is 1. The van der Waals surface area contributed by atoms with Crippen LogP contribution < -0.4 is 5.32 Å². The molecule has 0 atom stereocenters. The summed E-state index contributed by atoms with van der Waals surface area (Å²) in [6.07, 6.45) is -4.30. The molecule has 1 N–H and O–H groups in total. The van der Waals surface area contributed by atoms with Crippen molar-refractivity contribution in [1.29, 1.82) is 0 Å². The molecule has 0 spiro atoms. The van der Waals surface area contributed by atoms with E-state index in [-0.39, 0.29) is 0 Å². The largest absolute Gasteiger partial charge is 0.416 e. The molecule has 2 aromatic carbocycles. The molecule has 0 aliphatic rings. The van der Waals surface area contributed by atoms with Gasteiger partial charge in [-0.25, -0.2) is 0 Å². The second-order valence-electron chi connectivity index (χ2n) is 4.36. The Labute approximate surface area is 110 Å². The second-order valence-corrected chi connectivity index (χ2v) is 4.36. The van der Waals surface area contributed by atoms with E-state index in [4.69, 9.17) is 0 Å². The molecule has 0 aliphatic heterocycles. The minimum Gasteiger partial charge on any atom is -0.388 e. The van der Waals surface area contributed by atoms with Crippen LogP contribution >= 0.6 is 0 Å². The molecule has 0 aliphatic carbocycles. The van der Waals surface area contributed by atoms with Gasteiger partial charge in [-0.3, -0.25) is 0 Å². The van der Waals surface area contributed by atoms with Gasteiger partial charge in [-0.2, -0.15) is 13.2 Å². The van der Waals surface area contributed by atoms with Gasteiger partial charge in [-0.1, -0.05) is 18.2 Å². The van der Waals surface area contributed by atoms with E-state index in [9.17, 15) is 13.2 Å². The van der Waals surface area contributed by atoms with Crippen molar-refractivity contribution in [3.8, 4) is 11.1 Å². The van der Waals surface area contributed by atoms with Gasteiger partial charge in [-0.05, 0) is 47.9 Å². The summed E-state index contributed by atoms with van der Waals surface area (Å²) in [5.41, 5.74) is 2.64. The summed E-state index contributed by atoms with van der Waals surface area (Å²) in [6.45, 7) is 1.69. The van der Waals surface area contributed by atoms with Crippen LogP contribution in [0.5, 0.6) is 0 Å². The van der Waals surface area contributed by atoms with Crippen molar-refractivity contribution < 1.29 is 13.2 Å². The van der Waals surface area contributed by atoms with Gasteiger partial charge >= 0.3 is 6.18 Å². The molecule has 0 aromatic heterocycles. The molecule has 0 amide bonds. The molecule has 0 radical (unpaired) electrons. The third kappa shape index (κ3) is 2.89. The Kier molecular flexibility index (Phi) is 3.51. The Balaban J connectivity index is 2.46. The standard InChI is InChI=1S/C15H14F3N/c1-10-8-12(15(16,17)18)6-7-14(10)11-4-3-5-13(9-11)19-2/h3-9,19H,1-2H3. The molecule has 4 heteroatoms. The number of alkyl halides is 3. The average molecular weight is 265 g/mol. The van der Waals surface area contributed by atoms with Gasteiger partial charge in [-0.15, -0.1) is 0 Å². The van der Waals surface area contributed by atoms with E-state index >= 15 is 0 Å². The summed E-state index contributed by atoms with van der Waals surface area (Å²) in [5.74, 6) is 0. The maximum absolute atomic E-state index is 12.6. The number of nitrogens with one attached hydrogen (secondary N) is 1. The molecule has 0 saturated heterocycles. The highest BCUT2D eigenvalue weighted by molar-refractivity contribution is 5.71. The molecular weight excluding hydrogens is 251 g/mol. The zero-order valence-electron chi connectivity index (χ0n) is 10.7. The van der Waals surface area contributed by atoms with Gasteiger partial charge in [0.1, 0.15) is 0 Å². The van der Waals surface area contributed by atoms with Crippen LogP contribution in [0.1, 0.15) is 11.1 Å². The molecule has 2 rings (SSSR count). The maximum Gasteiger partial charge on any atom is 0.416 e. The zero-order valence-corrected chi connectivity index (χ0v) is 10.7. The lowest BCUT2D eigenvalue weighted by molar-refractivity contribution is -0.137. The molecule has 2 aromatic rings. The normalized spacial score (nSPS) is 11.4. The topological polar surface area (TPSA) is 12.0 Å². The van der Waals surface area contributed by atoms with Crippen LogP contribution in [-0.4, -0.2) is 7.05 Å². The number of hydrogen-bond acceptors (Lipinski definition) is 1. The molecule has 19 heavy (non-hydrogen) atoms. The van der Waals surface area contributed by atoms with Crippen LogP contribution in [0.25, 0.3) is 11.1 Å². The van der Waals surface area contributed by atoms with E-state index in [2.05, 4.69) is 5.32 Å². The summed E-state index contributed by atoms with van der Waals surface area (Å²) < 4.78 is 37.8. The van der Waals surface area contributed by atoms with E-state index < -0.39 is 11.7 Å². The summed E-state index contributed by atoms with van der Waals surface area (Å²) in [7, 11) is 1.80. The maximum atomic E-state index is 12.6. The Morgan fingerprint density at radius 3 is 2.32 bits per heavy atom. The van der Waals surface area contributed by atoms with Gasteiger partial charge in [0, 0.05) is 12.7 Å². The Morgan fingerprint density at radius 2 is 1.74 bits per heavy atom. The lowest BCUT2D eigenvalue weighted by Gasteiger charge is -2.12. The fourth-order valence-electron chi connectivity index (χ4n) is 2.01. The van der Waals surface area contributed by atoms with Crippen LogP contribution in [0, 0.1) is 6.92 Å². The fourth-order valence-corrected chi connectivity index (χ4v) is 2.01. The van der Waals surface area contributed by atoms with E-state index in [0.717, 1.165) is 22.9 Å². The summed E-state index contributed by atoms with van der Waals surface area (Å²) in [6, 6.07) is 11.4. The van der Waals surface area contributed by atoms with Crippen molar-refractivity contribution in [3.05, 3.63) is 53.6 Å². The monoisotopic (exact) mass is 265 g/mol. The summed E-state index contributed by atoms with van der Waals surface area (Å²) in [4.78, 5) is 0. The highest BCUT2D eigenvalue weighted by atomic mass is 19.4. The van der Waals surface area contributed by atoms with Gasteiger partial charge in [0.05, 0.1) is 5.56 Å². The first-order valence-electron chi connectivity index (χ1n) is 5.88. The summed E-state index contributed by atoms with van der Waals surface area (Å²) in [5, 5.41) is 3.01. The first-order chi connectivity index (χ1) is 8.91. The van der Waals surface area contributed by atoms with Crippen molar-refractivity contribution >= 4 is 5.69 Å². The van der Waals surface area contributed by atoms with E-state index in [1.807, 2.05) is 24.3 Å². The van der Waals surface area contributed by atoms with Crippen LogP contribution in [0.2, 0.25) is 0 Å². The number of hydrogen-bond donors (Lipinski definition) is 1. The minimum absolute atomic E-state index is 0.612. The van der Waals surface area contributed by atoms with Gasteiger partial charge < -0.3 is 5.32 Å². The number of rotatable bonds is 2. The third-order valence-electron chi connectivity index (χ3n) is 3.02. The lowest BCUT2D eigenvalue weighted by atomic mass is 9.98. The highest BCUT2D eigenvalue weighted by Gasteiger charge is 2.30. The molecular formula is C15H14F3N. The predicted octanol–water partition coefficient (Wildman–Crippen LogP) is 4.72. The first-order valence-corrected chi connectivity index (χ1v) is 5.88. The fraction of sp³-hybridized carbons (Fsp3) is 0.200. The molecule has 100 valence electrons. The molecule has 0 bridgehead atoms. The van der Waals surface area contributed by atoms with Gasteiger partial charge in [0.15, 0.2) is 0 Å². The van der Waals surface area contributed by atoms with Crippen molar-refractivity contribution in [2.24, 2.45) is 0 Å². The van der Waals surface area contributed by atoms with Crippen LogP contribution in [0.3, 0.4) is 0 Å². The smallest absolute Gasteiger partial charge is 0.388 e. The van der Waals surface area contributed by atoms with Crippen molar-refractivity contribution in [1.82, 2.24) is 0 Å². The predicted molar refractivity (Wildman–Crippen MR) is 71.2 cm³/mol. The average Bonchev–Trinajstić information content (AvgIpc) is 2.37. The van der Waals surface area contributed by atoms with Crippen molar-refractivity contribution in [2.75, 3.05) is 12.4 Å².